The predicted molar refractivity (Wildman–Crippen MR) is 71.5 cm³/mol. The molecular formula is C13H19NO4S. The Balaban J connectivity index is 1.85. The SMILES string of the molecule is Cc1ccc(S(=O)(=O)OCCC2CNCCO2)cc1. The van der Waals surface area contributed by atoms with Crippen molar-refractivity contribution in [3.05, 3.63) is 29.8 Å². The van der Waals surface area contributed by atoms with E-state index in [2.05, 4.69) is 5.32 Å². The van der Waals surface area contributed by atoms with Gasteiger partial charge in [0.05, 0.1) is 24.2 Å². The summed E-state index contributed by atoms with van der Waals surface area (Å²) in [6, 6.07) is 6.63. The summed E-state index contributed by atoms with van der Waals surface area (Å²) in [6.45, 7) is 4.30. The minimum atomic E-state index is -3.65. The van der Waals surface area contributed by atoms with E-state index in [1.54, 1.807) is 24.3 Å². The van der Waals surface area contributed by atoms with Gasteiger partial charge in [0.15, 0.2) is 0 Å². The van der Waals surface area contributed by atoms with E-state index >= 15 is 0 Å². The first-order valence-corrected chi connectivity index (χ1v) is 7.77. The molecule has 0 aromatic heterocycles. The molecule has 1 unspecified atom stereocenters. The number of aryl methyl sites for hydroxylation is 1. The van der Waals surface area contributed by atoms with Crippen LogP contribution in [0.5, 0.6) is 0 Å². The Hall–Kier alpha value is -0.950. The third-order valence-corrected chi connectivity index (χ3v) is 4.32. The molecule has 1 fully saturated rings. The van der Waals surface area contributed by atoms with Crippen LogP contribution in [0.25, 0.3) is 0 Å². The maximum absolute atomic E-state index is 11.9. The summed E-state index contributed by atoms with van der Waals surface area (Å²) in [5.41, 5.74) is 1.01. The van der Waals surface area contributed by atoms with E-state index < -0.39 is 10.1 Å². The lowest BCUT2D eigenvalue weighted by Crippen LogP contribution is -2.39. The molecule has 0 amide bonds. The van der Waals surface area contributed by atoms with Crippen LogP contribution in [0.2, 0.25) is 0 Å². The summed E-state index contributed by atoms with van der Waals surface area (Å²) in [5.74, 6) is 0. The van der Waals surface area contributed by atoms with Crippen molar-refractivity contribution < 1.29 is 17.3 Å². The van der Waals surface area contributed by atoms with Gasteiger partial charge in [0.2, 0.25) is 0 Å². The molecule has 1 aliphatic heterocycles. The number of ether oxygens (including phenoxy) is 1. The molecule has 1 N–H and O–H groups in total. The molecular weight excluding hydrogens is 266 g/mol. The molecule has 0 aliphatic carbocycles. The Labute approximate surface area is 114 Å². The number of benzene rings is 1. The second-order valence-corrected chi connectivity index (χ2v) is 6.19. The number of hydrogen-bond acceptors (Lipinski definition) is 5. The van der Waals surface area contributed by atoms with E-state index in [0.717, 1.165) is 18.7 Å². The predicted octanol–water partition coefficient (Wildman–Crippen LogP) is 1.08. The minimum absolute atomic E-state index is 0.0296. The Bertz CT molecular complexity index is 492. The van der Waals surface area contributed by atoms with Crippen molar-refractivity contribution in [1.29, 1.82) is 0 Å². The van der Waals surface area contributed by atoms with Crippen molar-refractivity contribution in [3.8, 4) is 0 Å². The fourth-order valence-corrected chi connectivity index (χ4v) is 2.79. The number of rotatable bonds is 5. The maximum atomic E-state index is 11.9. The van der Waals surface area contributed by atoms with Crippen molar-refractivity contribution in [1.82, 2.24) is 5.32 Å². The van der Waals surface area contributed by atoms with E-state index in [-0.39, 0.29) is 17.6 Å². The highest BCUT2D eigenvalue weighted by Crippen LogP contribution is 2.14. The number of morpholine rings is 1. The average Bonchev–Trinajstić information content (AvgIpc) is 2.40. The normalized spacial score (nSPS) is 20.4. The third-order valence-electron chi connectivity index (χ3n) is 2.99. The van der Waals surface area contributed by atoms with Crippen LogP contribution in [0.3, 0.4) is 0 Å². The summed E-state index contributed by atoms with van der Waals surface area (Å²) in [5, 5.41) is 3.19. The molecule has 19 heavy (non-hydrogen) atoms. The van der Waals surface area contributed by atoms with Gasteiger partial charge in [0.25, 0.3) is 10.1 Å². The molecule has 106 valence electrons. The molecule has 0 saturated carbocycles. The fourth-order valence-electron chi connectivity index (χ4n) is 1.87. The van der Waals surface area contributed by atoms with E-state index in [4.69, 9.17) is 8.92 Å². The smallest absolute Gasteiger partial charge is 0.296 e. The monoisotopic (exact) mass is 285 g/mol. The topological polar surface area (TPSA) is 64.6 Å². The average molecular weight is 285 g/mol. The van der Waals surface area contributed by atoms with Gasteiger partial charge in [-0.2, -0.15) is 8.42 Å². The highest BCUT2D eigenvalue weighted by molar-refractivity contribution is 7.86. The summed E-state index contributed by atoms with van der Waals surface area (Å²) >= 11 is 0. The maximum Gasteiger partial charge on any atom is 0.296 e. The molecule has 5 nitrogen and oxygen atoms in total. The van der Waals surface area contributed by atoms with Crippen LogP contribution in [-0.4, -0.2) is 40.8 Å². The van der Waals surface area contributed by atoms with Gasteiger partial charge in [-0.3, -0.25) is 4.18 Å². The lowest BCUT2D eigenvalue weighted by Gasteiger charge is -2.23. The van der Waals surface area contributed by atoms with Crippen LogP contribution in [-0.2, 0) is 19.0 Å². The molecule has 1 atom stereocenters. The fraction of sp³-hybridized carbons (Fsp3) is 0.538. The van der Waals surface area contributed by atoms with Crippen molar-refractivity contribution in [2.75, 3.05) is 26.3 Å². The molecule has 1 aliphatic rings. The van der Waals surface area contributed by atoms with Crippen molar-refractivity contribution in [2.45, 2.75) is 24.3 Å². The highest BCUT2D eigenvalue weighted by atomic mass is 32.2. The van der Waals surface area contributed by atoms with Gasteiger partial charge >= 0.3 is 0 Å². The summed E-state index contributed by atoms with van der Waals surface area (Å²) < 4.78 is 34.3. The zero-order valence-corrected chi connectivity index (χ0v) is 11.8. The summed E-state index contributed by atoms with van der Waals surface area (Å²) in [4.78, 5) is 0.195. The molecule has 1 aromatic rings. The molecule has 6 heteroatoms. The van der Waals surface area contributed by atoms with Gasteiger partial charge in [0.1, 0.15) is 0 Å². The molecule has 0 bridgehead atoms. The van der Waals surface area contributed by atoms with Gasteiger partial charge in [-0.05, 0) is 25.5 Å². The molecule has 1 saturated heterocycles. The molecule has 1 heterocycles. The Morgan fingerprint density at radius 1 is 1.37 bits per heavy atom. The second kappa shape index (κ2) is 6.47. The Morgan fingerprint density at radius 3 is 2.74 bits per heavy atom. The largest absolute Gasteiger partial charge is 0.375 e. The van der Waals surface area contributed by atoms with Crippen molar-refractivity contribution in [3.63, 3.8) is 0 Å². The first-order chi connectivity index (χ1) is 9.08. The van der Waals surface area contributed by atoms with Crippen LogP contribution < -0.4 is 5.32 Å². The zero-order chi connectivity index (χ0) is 13.7. The molecule has 2 rings (SSSR count). The number of nitrogens with one attached hydrogen (secondary N) is 1. The van der Waals surface area contributed by atoms with Gasteiger partial charge in [-0.15, -0.1) is 0 Å². The van der Waals surface area contributed by atoms with Gasteiger partial charge < -0.3 is 10.1 Å². The first-order valence-electron chi connectivity index (χ1n) is 6.36. The first kappa shape index (κ1) is 14.5. The summed E-state index contributed by atoms with van der Waals surface area (Å²) in [6.07, 6.45) is 0.597. The molecule has 1 aromatic carbocycles. The van der Waals surface area contributed by atoms with E-state index in [0.29, 0.717) is 13.0 Å². The standard InChI is InChI=1S/C13H19NO4S/c1-11-2-4-13(5-3-11)19(15,16)18-8-6-12-10-14-7-9-17-12/h2-5,12,14H,6-10H2,1H3. The van der Waals surface area contributed by atoms with E-state index in [1.807, 2.05) is 6.92 Å². The Morgan fingerprint density at radius 2 is 2.11 bits per heavy atom. The van der Waals surface area contributed by atoms with E-state index in [9.17, 15) is 8.42 Å². The lowest BCUT2D eigenvalue weighted by atomic mass is 10.2. The van der Waals surface area contributed by atoms with Crippen LogP contribution in [0, 0.1) is 6.92 Å². The van der Waals surface area contributed by atoms with Crippen LogP contribution in [0.15, 0.2) is 29.2 Å². The Kier molecular flexibility index (Phi) is 4.93. The lowest BCUT2D eigenvalue weighted by molar-refractivity contribution is 0.0164. The van der Waals surface area contributed by atoms with Crippen molar-refractivity contribution >= 4 is 10.1 Å². The minimum Gasteiger partial charge on any atom is -0.375 e. The molecule has 0 spiro atoms. The van der Waals surface area contributed by atoms with Gasteiger partial charge in [0, 0.05) is 13.1 Å². The second-order valence-electron chi connectivity index (χ2n) is 4.57. The van der Waals surface area contributed by atoms with Gasteiger partial charge in [-0.25, -0.2) is 0 Å². The summed E-state index contributed by atoms with van der Waals surface area (Å²) in [7, 11) is -3.65. The van der Waals surface area contributed by atoms with Crippen LogP contribution in [0.1, 0.15) is 12.0 Å². The quantitative estimate of drug-likeness (QED) is 0.820. The van der Waals surface area contributed by atoms with E-state index in [1.165, 1.54) is 0 Å². The van der Waals surface area contributed by atoms with Gasteiger partial charge in [-0.1, -0.05) is 17.7 Å². The third kappa shape index (κ3) is 4.28. The number of hydrogen-bond donors (Lipinski definition) is 1. The zero-order valence-electron chi connectivity index (χ0n) is 11.0. The van der Waals surface area contributed by atoms with Crippen molar-refractivity contribution in [2.24, 2.45) is 0 Å². The molecule has 0 radical (unpaired) electrons. The van der Waals surface area contributed by atoms with Crippen LogP contribution in [0.4, 0.5) is 0 Å². The highest BCUT2D eigenvalue weighted by Gasteiger charge is 2.17. The van der Waals surface area contributed by atoms with Crippen LogP contribution >= 0.6 is 0 Å².